The summed E-state index contributed by atoms with van der Waals surface area (Å²) in [6.07, 6.45) is 1.05. The maximum absolute atomic E-state index is 14.8. The van der Waals surface area contributed by atoms with Gasteiger partial charge < -0.3 is 14.2 Å². The minimum absolute atomic E-state index is 0.0116. The SMILES string of the molecule is CCc1ccc(COc2ccc(-c3nn(C)cc3OC(F)(F)Cl)c(F)c2)c(OC(C)C(=O)Cl)c1. The van der Waals surface area contributed by atoms with E-state index in [2.05, 4.69) is 9.84 Å². The lowest BCUT2D eigenvalue weighted by Gasteiger charge is -2.16. The minimum atomic E-state index is -3.98. The highest BCUT2D eigenvalue weighted by Gasteiger charge is 2.31. The van der Waals surface area contributed by atoms with E-state index in [4.69, 9.17) is 32.7 Å². The molecular formula is C23H21Cl2F3N2O4. The average molecular weight is 517 g/mol. The number of nitrogens with zero attached hydrogens (tertiary/aromatic N) is 2. The topological polar surface area (TPSA) is 62.6 Å². The van der Waals surface area contributed by atoms with Crippen molar-refractivity contribution in [2.24, 2.45) is 7.05 Å². The molecule has 182 valence electrons. The summed E-state index contributed by atoms with van der Waals surface area (Å²) >= 11 is 10.3. The van der Waals surface area contributed by atoms with Crippen molar-refractivity contribution in [3.8, 4) is 28.5 Å². The summed E-state index contributed by atoms with van der Waals surface area (Å²) in [6.45, 7) is 3.52. The zero-order valence-corrected chi connectivity index (χ0v) is 20.0. The largest absolute Gasteiger partial charge is 0.489 e. The van der Waals surface area contributed by atoms with E-state index in [0.29, 0.717) is 11.3 Å². The summed E-state index contributed by atoms with van der Waals surface area (Å²) < 4.78 is 58.0. The zero-order valence-electron chi connectivity index (χ0n) is 18.5. The number of alkyl halides is 3. The van der Waals surface area contributed by atoms with Crippen LogP contribution >= 0.6 is 23.2 Å². The molecule has 0 radical (unpaired) electrons. The Kier molecular flexibility index (Phi) is 7.99. The van der Waals surface area contributed by atoms with Gasteiger partial charge in [0.05, 0.1) is 6.20 Å². The number of carbonyl (C=O) groups is 1. The van der Waals surface area contributed by atoms with Gasteiger partial charge >= 0.3 is 5.57 Å². The first-order chi connectivity index (χ1) is 16.0. The van der Waals surface area contributed by atoms with Crippen LogP contribution in [0.2, 0.25) is 0 Å². The van der Waals surface area contributed by atoms with E-state index in [9.17, 15) is 18.0 Å². The summed E-state index contributed by atoms with van der Waals surface area (Å²) in [7, 11) is 1.47. The maximum atomic E-state index is 14.8. The van der Waals surface area contributed by atoms with E-state index in [1.807, 2.05) is 13.0 Å². The van der Waals surface area contributed by atoms with Gasteiger partial charge in [0.25, 0.3) is 5.24 Å². The lowest BCUT2D eigenvalue weighted by atomic mass is 10.1. The number of hydrogen-bond acceptors (Lipinski definition) is 5. The van der Waals surface area contributed by atoms with Gasteiger partial charge in [-0.2, -0.15) is 5.10 Å². The molecule has 0 saturated heterocycles. The van der Waals surface area contributed by atoms with Gasteiger partial charge in [-0.05, 0) is 48.7 Å². The zero-order chi connectivity index (χ0) is 25.0. The van der Waals surface area contributed by atoms with Crippen molar-refractivity contribution in [2.45, 2.75) is 38.5 Å². The van der Waals surface area contributed by atoms with Gasteiger partial charge in [-0.25, -0.2) is 4.39 Å². The minimum Gasteiger partial charge on any atom is -0.489 e. The highest BCUT2D eigenvalue weighted by Crippen LogP contribution is 2.36. The van der Waals surface area contributed by atoms with Crippen molar-refractivity contribution >= 4 is 28.4 Å². The fourth-order valence-electron chi connectivity index (χ4n) is 3.08. The van der Waals surface area contributed by atoms with Crippen molar-refractivity contribution in [1.82, 2.24) is 9.78 Å². The van der Waals surface area contributed by atoms with Crippen molar-refractivity contribution in [2.75, 3.05) is 0 Å². The first-order valence-corrected chi connectivity index (χ1v) is 10.9. The lowest BCUT2D eigenvalue weighted by molar-refractivity contribution is -0.117. The maximum Gasteiger partial charge on any atom is 0.487 e. The van der Waals surface area contributed by atoms with E-state index >= 15 is 0 Å². The van der Waals surface area contributed by atoms with Crippen LogP contribution in [0, 0.1) is 5.82 Å². The van der Waals surface area contributed by atoms with Crippen molar-refractivity contribution in [1.29, 1.82) is 0 Å². The van der Waals surface area contributed by atoms with E-state index < -0.39 is 22.7 Å². The molecule has 2 aromatic carbocycles. The third kappa shape index (κ3) is 6.57. The van der Waals surface area contributed by atoms with Crippen LogP contribution < -0.4 is 14.2 Å². The molecule has 0 aliphatic rings. The summed E-state index contributed by atoms with van der Waals surface area (Å²) in [4.78, 5) is 11.4. The normalized spacial score (nSPS) is 12.4. The molecule has 0 aliphatic heterocycles. The summed E-state index contributed by atoms with van der Waals surface area (Å²) in [6, 6.07) is 9.35. The molecule has 1 unspecified atom stereocenters. The second kappa shape index (κ2) is 10.6. The molecule has 1 heterocycles. The average Bonchev–Trinajstić information content (AvgIpc) is 3.10. The standard InChI is InChI=1S/C23H21Cl2F3N2O4/c1-4-14-5-6-15(19(9-14)33-13(2)22(24)31)12-32-16-7-8-17(18(26)10-16)21-20(11-30(3)29-21)34-23(25,27)28/h5-11,13H,4,12H2,1-3H3. The number of halogens is 5. The number of aryl methyl sites for hydroxylation is 2. The summed E-state index contributed by atoms with van der Waals surface area (Å²) in [5.74, 6) is -0.543. The van der Waals surface area contributed by atoms with Crippen LogP contribution in [0.15, 0.2) is 42.6 Å². The smallest absolute Gasteiger partial charge is 0.487 e. The van der Waals surface area contributed by atoms with Crippen LogP contribution in [0.3, 0.4) is 0 Å². The highest BCUT2D eigenvalue weighted by atomic mass is 35.5. The van der Waals surface area contributed by atoms with Crippen LogP contribution in [0.4, 0.5) is 13.2 Å². The van der Waals surface area contributed by atoms with Crippen molar-refractivity contribution in [3.63, 3.8) is 0 Å². The second-order valence-corrected chi connectivity index (χ2v) is 8.17. The molecular weight excluding hydrogens is 496 g/mol. The molecule has 1 atom stereocenters. The number of aromatic nitrogens is 2. The molecule has 0 bridgehead atoms. The van der Waals surface area contributed by atoms with E-state index in [-0.39, 0.29) is 29.4 Å². The number of rotatable bonds is 10. The highest BCUT2D eigenvalue weighted by molar-refractivity contribution is 6.64. The van der Waals surface area contributed by atoms with Crippen molar-refractivity contribution < 1.29 is 32.2 Å². The van der Waals surface area contributed by atoms with Crippen LogP contribution in [0.25, 0.3) is 11.3 Å². The molecule has 0 amide bonds. The first kappa shape index (κ1) is 25.7. The molecule has 11 heteroatoms. The molecule has 0 spiro atoms. The Morgan fingerprint density at radius 3 is 2.56 bits per heavy atom. The monoisotopic (exact) mass is 516 g/mol. The fraction of sp³-hybridized carbons (Fsp3) is 0.304. The van der Waals surface area contributed by atoms with Crippen LogP contribution in [-0.2, 0) is 24.9 Å². The summed E-state index contributed by atoms with van der Waals surface area (Å²) in [5, 5.41) is 3.34. The van der Waals surface area contributed by atoms with Gasteiger partial charge in [0, 0.05) is 35.8 Å². The van der Waals surface area contributed by atoms with E-state index in [1.165, 1.54) is 30.8 Å². The van der Waals surface area contributed by atoms with Gasteiger partial charge in [0.1, 0.15) is 29.6 Å². The predicted molar refractivity (Wildman–Crippen MR) is 121 cm³/mol. The van der Waals surface area contributed by atoms with Gasteiger partial charge in [-0.15, -0.1) is 8.78 Å². The molecule has 0 aliphatic carbocycles. The molecule has 3 rings (SSSR count). The number of carbonyl (C=O) groups excluding carboxylic acids is 1. The predicted octanol–water partition coefficient (Wildman–Crippen LogP) is 6.07. The van der Waals surface area contributed by atoms with Gasteiger partial charge in [-0.3, -0.25) is 9.48 Å². The Morgan fingerprint density at radius 1 is 1.21 bits per heavy atom. The Bertz CT molecular complexity index is 1180. The number of benzene rings is 2. The molecule has 0 fully saturated rings. The molecule has 0 saturated carbocycles. The molecule has 34 heavy (non-hydrogen) atoms. The lowest BCUT2D eigenvalue weighted by Crippen LogP contribution is -2.20. The first-order valence-electron chi connectivity index (χ1n) is 10.2. The van der Waals surface area contributed by atoms with Gasteiger partial charge in [-0.1, -0.05) is 19.1 Å². The Labute approximate surface area is 204 Å². The Balaban J connectivity index is 1.81. The summed E-state index contributed by atoms with van der Waals surface area (Å²) in [5.41, 5.74) is -2.58. The molecule has 3 aromatic rings. The third-order valence-electron chi connectivity index (χ3n) is 4.77. The van der Waals surface area contributed by atoms with Crippen LogP contribution in [-0.4, -0.2) is 26.7 Å². The second-order valence-electron chi connectivity index (χ2n) is 7.35. The van der Waals surface area contributed by atoms with Crippen LogP contribution in [0.5, 0.6) is 17.2 Å². The molecule has 1 aromatic heterocycles. The van der Waals surface area contributed by atoms with E-state index in [1.54, 1.807) is 12.1 Å². The quantitative estimate of drug-likeness (QED) is 0.242. The fourth-order valence-corrected chi connectivity index (χ4v) is 3.20. The van der Waals surface area contributed by atoms with Gasteiger partial charge in [0.15, 0.2) is 11.9 Å². The van der Waals surface area contributed by atoms with E-state index in [0.717, 1.165) is 24.2 Å². The Morgan fingerprint density at radius 2 is 1.94 bits per heavy atom. The third-order valence-corrected chi connectivity index (χ3v) is 5.16. The van der Waals surface area contributed by atoms with Crippen LogP contribution in [0.1, 0.15) is 25.0 Å². The van der Waals surface area contributed by atoms with Crippen molar-refractivity contribution in [3.05, 3.63) is 59.5 Å². The molecule has 6 nitrogen and oxygen atoms in total. The Hall–Kier alpha value is -2.91. The molecule has 0 N–H and O–H groups in total. The number of hydrogen-bond donors (Lipinski definition) is 0. The number of ether oxygens (including phenoxy) is 3. The van der Waals surface area contributed by atoms with Gasteiger partial charge in [0.2, 0.25) is 0 Å².